The van der Waals surface area contributed by atoms with Crippen LogP contribution >= 0.6 is 0 Å². The zero-order valence-electron chi connectivity index (χ0n) is 28.8. The first kappa shape index (κ1) is 29.1. The minimum atomic E-state index is -2.80. The van der Waals surface area contributed by atoms with E-state index in [1.165, 1.54) is 65.6 Å². The van der Waals surface area contributed by atoms with E-state index >= 15 is 0 Å². The number of furan rings is 1. The molecule has 1 aromatic heterocycles. The van der Waals surface area contributed by atoms with Crippen LogP contribution in [0.3, 0.4) is 0 Å². The van der Waals surface area contributed by atoms with Crippen LogP contribution in [0.4, 0.5) is 34.1 Å². The Bertz CT molecular complexity index is 2890. The first-order valence-electron chi connectivity index (χ1n) is 18.4. The Kier molecular flexibility index (Phi) is 5.89. The van der Waals surface area contributed by atoms with Crippen molar-refractivity contribution in [2.75, 3.05) is 9.80 Å². The first-order valence-corrected chi connectivity index (χ1v) is 20.4. The van der Waals surface area contributed by atoms with Crippen molar-refractivity contribution in [2.45, 2.75) is 0 Å². The van der Waals surface area contributed by atoms with Gasteiger partial charge in [0.15, 0.2) is 8.07 Å². The molecule has 3 nitrogen and oxygen atoms in total. The quantitative estimate of drug-likeness (QED) is 0.181. The Morgan fingerprint density at radius 1 is 0.434 bits per heavy atom. The van der Waals surface area contributed by atoms with E-state index in [2.05, 4.69) is 198 Å². The second kappa shape index (κ2) is 10.7. The third kappa shape index (κ3) is 3.69. The van der Waals surface area contributed by atoms with Crippen LogP contribution in [-0.2, 0) is 0 Å². The molecule has 246 valence electrons. The minimum absolute atomic E-state index is 0.0175. The number of para-hydroxylation sites is 5. The Labute approximate surface area is 309 Å². The van der Waals surface area contributed by atoms with E-state index in [1.807, 2.05) is 0 Å². The molecule has 9 aromatic rings. The molecular weight excluding hydrogens is 659 g/mol. The molecule has 0 atom stereocenters. The molecule has 53 heavy (non-hydrogen) atoms. The van der Waals surface area contributed by atoms with Crippen LogP contribution in [0.25, 0.3) is 21.9 Å². The summed E-state index contributed by atoms with van der Waals surface area (Å²) in [6, 6.07) is 69.7. The van der Waals surface area contributed by atoms with Gasteiger partial charge >= 0.3 is 0 Å². The summed E-state index contributed by atoms with van der Waals surface area (Å²) in [4.78, 5) is 5.09. The zero-order chi connectivity index (χ0) is 34.7. The predicted molar refractivity (Wildman–Crippen MR) is 225 cm³/mol. The summed E-state index contributed by atoms with van der Waals surface area (Å²) < 4.78 is 6.84. The number of hydrogen-bond acceptors (Lipinski definition) is 3. The van der Waals surface area contributed by atoms with Crippen LogP contribution in [0.5, 0.6) is 0 Å². The van der Waals surface area contributed by atoms with E-state index in [0.29, 0.717) is 0 Å². The molecule has 12 rings (SSSR count). The van der Waals surface area contributed by atoms with Gasteiger partial charge in [0.2, 0.25) is 0 Å². The highest BCUT2D eigenvalue weighted by molar-refractivity contribution is 7.22. The fourth-order valence-electron chi connectivity index (χ4n) is 9.96. The SMILES string of the molecule is c1ccc(N2c3ccccc3B3c4cccc5c4N(c4ccccc4[Si]5(c4ccccc4)c4ccccc4)c4cc5oc6ccccc6c5c2c43)cc1. The van der Waals surface area contributed by atoms with E-state index in [-0.39, 0.29) is 6.71 Å². The largest absolute Gasteiger partial charge is 0.456 e. The van der Waals surface area contributed by atoms with Gasteiger partial charge in [-0.1, -0.05) is 152 Å². The Balaban J connectivity index is 1.29. The fraction of sp³-hybridized carbons (Fsp3) is 0. The summed E-state index contributed by atoms with van der Waals surface area (Å²) in [6.45, 7) is 0.0175. The lowest BCUT2D eigenvalue weighted by atomic mass is 9.33. The number of fused-ring (bicyclic) bond motifs is 10. The van der Waals surface area contributed by atoms with Crippen molar-refractivity contribution in [1.82, 2.24) is 0 Å². The molecule has 0 spiro atoms. The number of rotatable bonds is 3. The van der Waals surface area contributed by atoms with E-state index in [9.17, 15) is 0 Å². The lowest BCUT2D eigenvalue weighted by Crippen LogP contribution is -2.79. The van der Waals surface area contributed by atoms with Gasteiger partial charge in [0.1, 0.15) is 11.2 Å². The fourth-order valence-corrected chi connectivity index (χ4v) is 15.1. The third-order valence-electron chi connectivity index (χ3n) is 11.9. The molecule has 4 heterocycles. The molecule has 0 unspecified atom stereocenters. The summed E-state index contributed by atoms with van der Waals surface area (Å²) in [6.07, 6.45) is 0. The van der Waals surface area contributed by atoms with Crippen LogP contribution in [0.15, 0.2) is 192 Å². The summed E-state index contributed by atoms with van der Waals surface area (Å²) in [7, 11) is -2.80. The highest BCUT2D eigenvalue weighted by Gasteiger charge is 2.53. The number of anilines is 6. The summed E-state index contributed by atoms with van der Waals surface area (Å²) in [5, 5.41) is 7.90. The van der Waals surface area contributed by atoms with E-state index < -0.39 is 8.07 Å². The van der Waals surface area contributed by atoms with Crippen molar-refractivity contribution < 1.29 is 4.42 Å². The molecule has 3 aliphatic rings. The van der Waals surface area contributed by atoms with Crippen molar-refractivity contribution >= 4 is 108 Å². The summed E-state index contributed by atoms with van der Waals surface area (Å²) in [5.74, 6) is 0. The van der Waals surface area contributed by atoms with Gasteiger partial charge in [-0.15, -0.1) is 0 Å². The number of hydrogen-bond donors (Lipinski definition) is 0. The van der Waals surface area contributed by atoms with Crippen LogP contribution in [0.2, 0.25) is 0 Å². The average Bonchev–Trinajstić information content (AvgIpc) is 3.61. The molecule has 0 N–H and O–H groups in total. The Hall–Kier alpha value is -6.56. The maximum Gasteiger partial charge on any atom is 0.252 e. The molecular formula is C48H31BN2OSi. The lowest BCUT2D eigenvalue weighted by molar-refractivity contribution is 0.669. The van der Waals surface area contributed by atoms with Gasteiger partial charge in [-0.2, -0.15) is 0 Å². The molecule has 0 saturated heterocycles. The molecule has 0 saturated carbocycles. The molecule has 0 aliphatic carbocycles. The second-order valence-corrected chi connectivity index (χ2v) is 18.1. The summed E-state index contributed by atoms with van der Waals surface area (Å²) in [5.41, 5.74) is 13.1. The smallest absolute Gasteiger partial charge is 0.252 e. The minimum Gasteiger partial charge on any atom is -0.456 e. The van der Waals surface area contributed by atoms with Gasteiger partial charge in [-0.25, -0.2) is 0 Å². The molecule has 3 aliphatic heterocycles. The number of nitrogens with zero attached hydrogens (tertiary/aromatic N) is 2. The van der Waals surface area contributed by atoms with Crippen molar-refractivity contribution in [2.24, 2.45) is 0 Å². The second-order valence-electron chi connectivity index (χ2n) is 14.4. The van der Waals surface area contributed by atoms with Crippen LogP contribution in [-0.4, -0.2) is 14.8 Å². The predicted octanol–water partition coefficient (Wildman–Crippen LogP) is 7.36. The summed E-state index contributed by atoms with van der Waals surface area (Å²) >= 11 is 0. The monoisotopic (exact) mass is 690 g/mol. The third-order valence-corrected chi connectivity index (χ3v) is 16.7. The molecule has 5 heteroatoms. The van der Waals surface area contributed by atoms with Gasteiger partial charge in [0, 0.05) is 39.9 Å². The van der Waals surface area contributed by atoms with Gasteiger partial charge < -0.3 is 14.2 Å². The first-order chi connectivity index (χ1) is 26.3. The topological polar surface area (TPSA) is 19.6 Å². The highest BCUT2D eigenvalue weighted by atomic mass is 28.3. The molecule has 8 aromatic carbocycles. The number of benzene rings is 8. The molecule has 0 fully saturated rings. The molecule has 0 radical (unpaired) electrons. The van der Waals surface area contributed by atoms with E-state index in [0.717, 1.165) is 27.6 Å². The van der Waals surface area contributed by atoms with Crippen molar-refractivity contribution in [3.05, 3.63) is 188 Å². The van der Waals surface area contributed by atoms with Crippen LogP contribution < -0.4 is 46.9 Å². The van der Waals surface area contributed by atoms with E-state index in [4.69, 9.17) is 4.42 Å². The van der Waals surface area contributed by atoms with Gasteiger partial charge in [0.05, 0.1) is 11.1 Å². The van der Waals surface area contributed by atoms with Crippen LogP contribution in [0.1, 0.15) is 0 Å². The van der Waals surface area contributed by atoms with Crippen molar-refractivity contribution in [3.8, 4) is 0 Å². The highest BCUT2D eigenvalue weighted by Crippen LogP contribution is 2.49. The standard InChI is InChI=1S/C48H31BN2OSi/c1-4-17-32(18-5-1)50-38-26-12-11-24-36(38)49-37-25-16-30-44-47(37)51(40-31-42-45(48(50)46(40)49)35-23-10-14-28-41(35)52-42)39-27-13-15-29-43(39)53(44,33-19-6-2-7-20-33)34-21-8-3-9-22-34/h1-31H. The van der Waals surface area contributed by atoms with Gasteiger partial charge in [-0.3, -0.25) is 0 Å². The lowest BCUT2D eigenvalue weighted by Gasteiger charge is -2.50. The van der Waals surface area contributed by atoms with Gasteiger partial charge in [-0.05, 0) is 67.5 Å². The maximum absolute atomic E-state index is 6.84. The van der Waals surface area contributed by atoms with Crippen molar-refractivity contribution in [3.63, 3.8) is 0 Å². The van der Waals surface area contributed by atoms with Crippen LogP contribution in [0, 0.1) is 0 Å². The maximum atomic E-state index is 6.84. The molecule has 0 amide bonds. The normalized spacial score (nSPS) is 14.5. The molecule has 0 bridgehead atoms. The Morgan fingerprint density at radius 2 is 1.04 bits per heavy atom. The van der Waals surface area contributed by atoms with Gasteiger partial charge in [0.25, 0.3) is 6.71 Å². The average molecular weight is 691 g/mol. The van der Waals surface area contributed by atoms with E-state index in [1.54, 1.807) is 0 Å². The zero-order valence-corrected chi connectivity index (χ0v) is 29.8. The Morgan fingerprint density at radius 3 is 1.81 bits per heavy atom. The van der Waals surface area contributed by atoms with Crippen molar-refractivity contribution in [1.29, 1.82) is 0 Å².